The molecule has 0 radical (unpaired) electrons. The quantitative estimate of drug-likeness (QED) is 0.177. The van der Waals surface area contributed by atoms with E-state index in [0.29, 0.717) is 34.8 Å². The number of non-ortho nitro benzene ring substituents is 1. The number of esters is 1. The fraction of sp³-hybridized carbons (Fsp3) is 0.125. The van der Waals surface area contributed by atoms with Gasteiger partial charge in [-0.2, -0.15) is 0 Å². The number of hydrogen-bond acceptors (Lipinski definition) is 7. The van der Waals surface area contributed by atoms with Crippen molar-refractivity contribution in [3.8, 4) is 23.0 Å². The van der Waals surface area contributed by atoms with Crippen LogP contribution in [0.15, 0.2) is 66.7 Å². The molecule has 4 rings (SSSR count). The molecule has 1 heterocycles. The van der Waals surface area contributed by atoms with E-state index in [2.05, 4.69) is 4.98 Å². The van der Waals surface area contributed by atoms with E-state index in [0.717, 1.165) is 5.56 Å². The highest BCUT2D eigenvalue weighted by atomic mass is 16.6. The van der Waals surface area contributed by atoms with Crippen molar-refractivity contribution in [3.63, 3.8) is 0 Å². The van der Waals surface area contributed by atoms with Crippen molar-refractivity contribution in [1.82, 2.24) is 4.98 Å². The molecule has 0 aliphatic carbocycles. The summed E-state index contributed by atoms with van der Waals surface area (Å²) in [5.41, 5.74) is 1.58. The topological polar surface area (TPSA) is 113 Å². The van der Waals surface area contributed by atoms with E-state index >= 15 is 0 Å². The first-order chi connectivity index (χ1) is 16.0. The van der Waals surface area contributed by atoms with Crippen molar-refractivity contribution in [2.24, 2.45) is 0 Å². The Balaban J connectivity index is 1.63. The van der Waals surface area contributed by atoms with Gasteiger partial charge >= 0.3 is 5.97 Å². The predicted molar refractivity (Wildman–Crippen MR) is 120 cm³/mol. The monoisotopic (exact) mass is 448 g/mol. The SMILES string of the molecule is COc1cc2cc(C(=O)Oc3ccc([N+](=O)[O-])cc3)[nH]c2c(OC)c1OCc1ccccc1. The van der Waals surface area contributed by atoms with E-state index in [9.17, 15) is 14.9 Å². The molecule has 1 N–H and O–H groups in total. The van der Waals surface area contributed by atoms with E-state index in [4.69, 9.17) is 18.9 Å². The highest BCUT2D eigenvalue weighted by Gasteiger charge is 2.21. The fourth-order valence-corrected chi connectivity index (χ4v) is 3.33. The molecule has 0 fully saturated rings. The Hall–Kier alpha value is -4.53. The average molecular weight is 448 g/mol. The lowest BCUT2D eigenvalue weighted by atomic mass is 10.2. The van der Waals surface area contributed by atoms with Crippen molar-refractivity contribution in [2.75, 3.05) is 14.2 Å². The maximum atomic E-state index is 12.7. The molecule has 0 unspecified atom stereocenters. The van der Waals surface area contributed by atoms with Crippen LogP contribution in [0.4, 0.5) is 5.69 Å². The van der Waals surface area contributed by atoms with Crippen LogP contribution in [0, 0.1) is 10.1 Å². The number of nitro groups is 1. The van der Waals surface area contributed by atoms with Gasteiger partial charge in [0.2, 0.25) is 5.75 Å². The van der Waals surface area contributed by atoms with Crippen LogP contribution in [-0.4, -0.2) is 30.1 Å². The van der Waals surface area contributed by atoms with Crippen molar-refractivity contribution in [2.45, 2.75) is 6.61 Å². The minimum atomic E-state index is -0.659. The summed E-state index contributed by atoms with van der Waals surface area (Å²) in [6.07, 6.45) is 0. The molecular weight excluding hydrogens is 428 g/mol. The Morgan fingerprint density at radius 1 is 0.970 bits per heavy atom. The zero-order valence-corrected chi connectivity index (χ0v) is 17.9. The van der Waals surface area contributed by atoms with Gasteiger partial charge in [-0.25, -0.2) is 4.79 Å². The molecule has 1 aromatic heterocycles. The minimum absolute atomic E-state index is 0.0970. The lowest BCUT2D eigenvalue weighted by Crippen LogP contribution is -2.08. The summed E-state index contributed by atoms with van der Waals surface area (Å²) in [6, 6.07) is 18.2. The Bertz CT molecular complexity index is 1300. The van der Waals surface area contributed by atoms with Gasteiger partial charge in [-0.3, -0.25) is 10.1 Å². The highest BCUT2D eigenvalue weighted by Crippen LogP contribution is 2.44. The van der Waals surface area contributed by atoms with Crippen LogP contribution in [-0.2, 0) is 6.61 Å². The van der Waals surface area contributed by atoms with Crippen molar-refractivity contribution >= 4 is 22.6 Å². The molecule has 9 nitrogen and oxygen atoms in total. The number of aromatic nitrogens is 1. The lowest BCUT2D eigenvalue weighted by molar-refractivity contribution is -0.384. The first-order valence-electron chi connectivity index (χ1n) is 9.91. The van der Waals surface area contributed by atoms with Gasteiger partial charge in [-0.1, -0.05) is 30.3 Å². The molecule has 0 aliphatic heterocycles. The molecule has 0 saturated heterocycles. The second kappa shape index (κ2) is 9.31. The molecule has 0 spiro atoms. The van der Waals surface area contributed by atoms with Crippen LogP contribution in [0.5, 0.6) is 23.0 Å². The molecular formula is C24H20N2O7. The van der Waals surface area contributed by atoms with E-state index in [1.807, 2.05) is 30.3 Å². The third-order valence-corrected chi connectivity index (χ3v) is 4.92. The van der Waals surface area contributed by atoms with Gasteiger partial charge < -0.3 is 23.9 Å². The molecule has 33 heavy (non-hydrogen) atoms. The number of nitrogens with one attached hydrogen (secondary N) is 1. The maximum Gasteiger partial charge on any atom is 0.360 e. The summed E-state index contributed by atoms with van der Waals surface area (Å²) in [7, 11) is 3.02. The summed E-state index contributed by atoms with van der Waals surface area (Å²) in [4.78, 5) is 25.9. The lowest BCUT2D eigenvalue weighted by Gasteiger charge is -2.15. The van der Waals surface area contributed by atoms with Crippen molar-refractivity contribution < 1.29 is 28.7 Å². The summed E-state index contributed by atoms with van der Waals surface area (Å²) >= 11 is 0. The number of fused-ring (bicyclic) bond motifs is 1. The van der Waals surface area contributed by atoms with Gasteiger partial charge in [0.05, 0.1) is 24.7 Å². The first-order valence-corrected chi connectivity index (χ1v) is 9.91. The van der Waals surface area contributed by atoms with Gasteiger partial charge in [0.1, 0.15) is 18.1 Å². The number of nitro benzene ring substituents is 1. The third-order valence-electron chi connectivity index (χ3n) is 4.92. The highest BCUT2D eigenvalue weighted by molar-refractivity contribution is 5.99. The normalized spacial score (nSPS) is 10.6. The van der Waals surface area contributed by atoms with Gasteiger partial charge in [0.25, 0.3) is 5.69 Å². The molecule has 0 bridgehead atoms. The Kier molecular flexibility index (Phi) is 6.12. The fourth-order valence-electron chi connectivity index (χ4n) is 3.33. The second-order valence-electron chi connectivity index (χ2n) is 7.00. The second-order valence-corrected chi connectivity index (χ2v) is 7.00. The number of carbonyl (C=O) groups is 1. The molecule has 9 heteroatoms. The number of aromatic amines is 1. The van der Waals surface area contributed by atoms with Crippen LogP contribution in [0.1, 0.15) is 16.1 Å². The van der Waals surface area contributed by atoms with Crippen molar-refractivity contribution in [3.05, 3.63) is 88.1 Å². The smallest absolute Gasteiger partial charge is 0.360 e. The zero-order chi connectivity index (χ0) is 23.4. The Labute approximate surface area is 188 Å². The van der Waals surface area contributed by atoms with Gasteiger partial charge in [-0.15, -0.1) is 0 Å². The number of ether oxygens (including phenoxy) is 4. The molecule has 4 aromatic rings. The molecule has 3 aromatic carbocycles. The first kappa shape index (κ1) is 21.7. The number of hydrogen-bond donors (Lipinski definition) is 1. The number of nitrogens with zero attached hydrogens (tertiary/aromatic N) is 1. The van der Waals surface area contributed by atoms with E-state index < -0.39 is 10.9 Å². The maximum absolute atomic E-state index is 12.7. The van der Waals surface area contributed by atoms with Gasteiger partial charge in [0, 0.05) is 17.5 Å². The number of H-pyrrole nitrogens is 1. The zero-order valence-electron chi connectivity index (χ0n) is 17.9. The third kappa shape index (κ3) is 4.57. The minimum Gasteiger partial charge on any atom is -0.493 e. The van der Waals surface area contributed by atoms with Crippen LogP contribution in [0.3, 0.4) is 0 Å². The van der Waals surface area contributed by atoms with Crippen LogP contribution in [0.25, 0.3) is 10.9 Å². The Morgan fingerprint density at radius 3 is 2.33 bits per heavy atom. The summed E-state index contributed by atoms with van der Waals surface area (Å²) in [6.45, 7) is 0.300. The van der Waals surface area contributed by atoms with E-state index in [-0.39, 0.29) is 17.1 Å². The summed E-state index contributed by atoms with van der Waals surface area (Å²) in [5.74, 6) is 0.751. The van der Waals surface area contributed by atoms with E-state index in [1.165, 1.54) is 38.5 Å². The molecule has 168 valence electrons. The predicted octanol–water partition coefficient (Wildman–Crippen LogP) is 4.89. The van der Waals surface area contributed by atoms with Crippen LogP contribution >= 0.6 is 0 Å². The number of methoxy groups -OCH3 is 2. The largest absolute Gasteiger partial charge is 0.493 e. The average Bonchev–Trinajstić information content (AvgIpc) is 3.27. The summed E-state index contributed by atoms with van der Waals surface area (Å²) < 4.78 is 22.4. The molecule has 0 aliphatic rings. The Morgan fingerprint density at radius 2 is 1.70 bits per heavy atom. The number of benzene rings is 3. The van der Waals surface area contributed by atoms with Gasteiger partial charge in [0.15, 0.2) is 11.5 Å². The van der Waals surface area contributed by atoms with Crippen LogP contribution < -0.4 is 18.9 Å². The number of carbonyl (C=O) groups excluding carboxylic acids is 1. The van der Waals surface area contributed by atoms with Crippen LogP contribution in [0.2, 0.25) is 0 Å². The van der Waals surface area contributed by atoms with Gasteiger partial charge in [-0.05, 0) is 29.8 Å². The number of rotatable bonds is 8. The molecule has 0 amide bonds. The standard InChI is InChI=1S/C24H20N2O7/c1-30-20-13-16-12-19(24(27)33-18-10-8-17(9-11-18)26(28)29)25-21(16)23(31-2)22(20)32-14-15-6-4-3-5-7-15/h3-13,25H,14H2,1-2H3. The van der Waals surface area contributed by atoms with Crippen molar-refractivity contribution in [1.29, 1.82) is 0 Å². The molecule has 0 saturated carbocycles. The summed E-state index contributed by atoms with van der Waals surface area (Å²) in [5, 5.41) is 11.4. The molecule has 0 atom stereocenters. The van der Waals surface area contributed by atoms with E-state index in [1.54, 1.807) is 12.1 Å².